The summed E-state index contributed by atoms with van der Waals surface area (Å²) in [7, 11) is 0. The van der Waals surface area contributed by atoms with Gasteiger partial charge in [-0.05, 0) is 80.3 Å². The second kappa shape index (κ2) is 11.6. The third-order valence-electron chi connectivity index (χ3n) is 7.99. The lowest BCUT2D eigenvalue weighted by Crippen LogP contribution is -2.44. The van der Waals surface area contributed by atoms with Crippen LogP contribution in [0.1, 0.15) is 70.9 Å². The van der Waals surface area contributed by atoms with E-state index in [0.717, 1.165) is 79.4 Å². The first kappa shape index (κ1) is 27.1. The molecule has 2 N–H and O–H groups in total. The highest BCUT2D eigenvalue weighted by Crippen LogP contribution is 2.36. The van der Waals surface area contributed by atoms with Gasteiger partial charge in [-0.2, -0.15) is 0 Å². The van der Waals surface area contributed by atoms with Crippen LogP contribution in [0, 0.1) is 23.2 Å². The van der Waals surface area contributed by atoms with Crippen LogP contribution in [-0.2, 0) is 11.4 Å². The van der Waals surface area contributed by atoms with Crippen LogP contribution < -0.4 is 0 Å². The fraction of sp³-hybridized carbons (Fsp3) is 0.567. The van der Waals surface area contributed by atoms with Crippen LogP contribution in [0.5, 0.6) is 0 Å². The lowest BCUT2D eigenvalue weighted by Gasteiger charge is -2.40. The molecule has 2 aliphatic heterocycles. The summed E-state index contributed by atoms with van der Waals surface area (Å²) < 4.78 is 0. The van der Waals surface area contributed by atoms with Crippen molar-refractivity contribution in [2.24, 2.45) is 28.3 Å². The summed E-state index contributed by atoms with van der Waals surface area (Å²) in [6.07, 6.45) is 9.64. The molecule has 2 atom stereocenters. The molecule has 2 heterocycles. The first-order valence-electron chi connectivity index (χ1n) is 13.3. The number of hydrogen-bond donors (Lipinski definition) is 2. The number of benzene rings is 1. The Kier molecular flexibility index (Phi) is 8.77. The number of halogens is 1. The molecular formula is C30H41ClN2O3. The highest BCUT2D eigenvalue weighted by Gasteiger charge is 2.35. The van der Waals surface area contributed by atoms with Crippen LogP contribution in [0.4, 0.5) is 0 Å². The van der Waals surface area contributed by atoms with Gasteiger partial charge in [-0.15, -0.1) is 0 Å². The Balaban J connectivity index is 1.37. The molecule has 1 saturated heterocycles. The van der Waals surface area contributed by atoms with E-state index in [-0.39, 0.29) is 5.92 Å². The van der Waals surface area contributed by atoms with Crippen molar-refractivity contribution in [3.8, 4) is 0 Å². The van der Waals surface area contributed by atoms with Crippen LogP contribution >= 0.6 is 11.6 Å². The number of likely N-dealkylation sites (tertiary alicyclic amines) is 1. The average molecular weight is 513 g/mol. The molecule has 0 spiro atoms. The Morgan fingerprint density at radius 1 is 1.11 bits per heavy atom. The van der Waals surface area contributed by atoms with E-state index in [1.807, 2.05) is 13.0 Å². The van der Waals surface area contributed by atoms with Crippen molar-refractivity contribution in [1.29, 1.82) is 0 Å². The molecule has 1 fully saturated rings. The van der Waals surface area contributed by atoms with Crippen LogP contribution in [0.25, 0.3) is 0 Å². The van der Waals surface area contributed by atoms with Crippen molar-refractivity contribution in [3.05, 3.63) is 70.0 Å². The lowest BCUT2D eigenvalue weighted by molar-refractivity contribution is -0.147. The molecule has 0 aromatic heterocycles. The molecule has 1 aliphatic carbocycles. The first-order valence-corrected chi connectivity index (χ1v) is 13.7. The summed E-state index contributed by atoms with van der Waals surface area (Å²) >= 11 is 6.62. The molecule has 4 rings (SSSR count). The van der Waals surface area contributed by atoms with Gasteiger partial charge >= 0.3 is 0 Å². The zero-order valence-corrected chi connectivity index (χ0v) is 22.8. The molecule has 6 heteroatoms. The van der Waals surface area contributed by atoms with Gasteiger partial charge in [0.1, 0.15) is 0 Å². The quantitative estimate of drug-likeness (QED) is 0.417. The molecule has 196 valence electrons. The van der Waals surface area contributed by atoms with Crippen molar-refractivity contribution >= 4 is 17.3 Å². The van der Waals surface area contributed by atoms with E-state index in [0.29, 0.717) is 11.8 Å². The Bertz CT molecular complexity index is 1030. The standard InChI is InChI=1S/C30H41ClN2O3/c1-20(2)17-24-10-11-25(18-26(24)31)27-12-5-21(3)28(32-36-27)23-8-6-22(7-9-23)19-33-15-13-30(4,14-16-33)29(34)35/h6-9,11-12,18,20-21,24,29,34-35H,5,10,13-17,19H2,1-4H3. The summed E-state index contributed by atoms with van der Waals surface area (Å²) in [6, 6.07) is 8.61. The van der Waals surface area contributed by atoms with Crippen molar-refractivity contribution in [2.75, 3.05) is 13.1 Å². The van der Waals surface area contributed by atoms with Crippen molar-refractivity contribution in [2.45, 2.75) is 72.6 Å². The minimum Gasteiger partial charge on any atom is -0.368 e. The second-order valence-electron chi connectivity index (χ2n) is 11.5. The van der Waals surface area contributed by atoms with Gasteiger partial charge in [0.05, 0.1) is 5.71 Å². The van der Waals surface area contributed by atoms with E-state index in [4.69, 9.17) is 16.4 Å². The van der Waals surface area contributed by atoms with Crippen LogP contribution in [0.2, 0.25) is 0 Å². The van der Waals surface area contributed by atoms with Crippen molar-refractivity contribution < 1.29 is 15.1 Å². The summed E-state index contributed by atoms with van der Waals surface area (Å²) in [5.74, 6) is 2.06. The topological polar surface area (TPSA) is 65.3 Å². The Labute approximate surface area is 221 Å². The third kappa shape index (κ3) is 6.49. The maximum atomic E-state index is 9.65. The number of aliphatic hydroxyl groups excluding tert-OH is 1. The Morgan fingerprint density at radius 3 is 2.42 bits per heavy atom. The van der Waals surface area contributed by atoms with E-state index in [2.05, 4.69) is 67.2 Å². The van der Waals surface area contributed by atoms with E-state index in [9.17, 15) is 10.2 Å². The largest absolute Gasteiger partial charge is 0.368 e. The van der Waals surface area contributed by atoms with E-state index in [1.165, 1.54) is 5.56 Å². The van der Waals surface area contributed by atoms with E-state index < -0.39 is 11.7 Å². The molecule has 0 amide bonds. The number of piperidine rings is 1. The van der Waals surface area contributed by atoms with Gasteiger partial charge in [-0.25, -0.2) is 0 Å². The fourth-order valence-electron chi connectivity index (χ4n) is 5.30. The SMILES string of the molecule is CC(C)CC1CC=C(C2=CCC(C)C(c3ccc(CN4CCC(C)(C(O)O)CC4)cc3)=NO2)C=C1Cl. The molecular weight excluding hydrogens is 472 g/mol. The van der Waals surface area contributed by atoms with Gasteiger partial charge in [0, 0.05) is 28.5 Å². The lowest BCUT2D eigenvalue weighted by atomic mass is 9.79. The highest BCUT2D eigenvalue weighted by atomic mass is 35.5. The Hall–Kier alpha value is -1.92. The van der Waals surface area contributed by atoms with E-state index in [1.54, 1.807) is 0 Å². The van der Waals surface area contributed by atoms with Gasteiger partial charge in [0.2, 0.25) is 0 Å². The summed E-state index contributed by atoms with van der Waals surface area (Å²) in [5, 5.41) is 24.8. The summed E-state index contributed by atoms with van der Waals surface area (Å²) in [4.78, 5) is 8.34. The number of nitrogens with zero attached hydrogens (tertiary/aromatic N) is 2. The van der Waals surface area contributed by atoms with Crippen LogP contribution in [0.15, 0.2) is 64.0 Å². The van der Waals surface area contributed by atoms with Gasteiger partial charge in [-0.1, -0.05) is 74.8 Å². The molecule has 2 unspecified atom stereocenters. The highest BCUT2D eigenvalue weighted by molar-refractivity contribution is 6.30. The number of hydrogen-bond acceptors (Lipinski definition) is 5. The van der Waals surface area contributed by atoms with Gasteiger partial charge in [0.15, 0.2) is 12.0 Å². The summed E-state index contributed by atoms with van der Waals surface area (Å²) in [6.45, 7) is 11.2. The fourth-order valence-corrected chi connectivity index (χ4v) is 5.60. The van der Waals surface area contributed by atoms with Crippen LogP contribution in [0.3, 0.4) is 0 Å². The average Bonchev–Trinajstić information content (AvgIpc) is 3.04. The van der Waals surface area contributed by atoms with Gasteiger partial charge < -0.3 is 15.1 Å². The number of rotatable bonds is 7. The van der Waals surface area contributed by atoms with Crippen molar-refractivity contribution in [3.63, 3.8) is 0 Å². The molecule has 0 saturated carbocycles. The third-order valence-corrected chi connectivity index (χ3v) is 8.41. The molecule has 3 aliphatic rings. The van der Waals surface area contributed by atoms with Crippen LogP contribution in [-0.4, -0.2) is 40.2 Å². The van der Waals surface area contributed by atoms with Gasteiger partial charge in [0.25, 0.3) is 0 Å². The first-order chi connectivity index (χ1) is 17.1. The minimum atomic E-state index is -1.25. The smallest absolute Gasteiger partial charge is 0.160 e. The zero-order valence-electron chi connectivity index (χ0n) is 22.1. The predicted octanol–water partition coefficient (Wildman–Crippen LogP) is 6.36. The molecule has 36 heavy (non-hydrogen) atoms. The number of allylic oxidation sites excluding steroid dienone is 4. The zero-order chi connectivity index (χ0) is 25.9. The molecule has 1 aromatic carbocycles. The number of oxime groups is 1. The molecule has 1 aromatic rings. The Morgan fingerprint density at radius 2 is 1.81 bits per heavy atom. The second-order valence-corrected chi connectivity index (χ2v) is 12.0. The monoisotopic (exact) mass is 512 g/mol. The summed E-state index contributed by atoms with van der Waals surface area (Å²) in [5.41, 5.74) is 3.92. The van der Waals surface area contributed by atoms with Gasteiger partial charge in [-0.3, -0.25) is 4.90 Å². The maximum Gasteiger partial charge on any atom is 0.160 e. The normalized spacial score (nSPS) is 25.0. The van der Waals surface area contributed by atoms with Crippen molar-refractivity contribution in [1.82, 2.24) is 4.90 Å². The van der Waals surface area contributed by atoms with E-state index >= 15 is 0 Å². The molecule has 0 radical (unpaired) electrons. The minimum absolute atomic E-state index is 0.246. The maximum absolute atomic E-state index is 9.65. The molecule has 5 nitrogen and oxygen atoms in total. The predicted molar refractivity (Wildman–Crippen MR) is 146 cm³/mol. The number of aliphatic hydroxyl groups is 2. The molecule has 0 bridgehead atoms.